The molecular formula is C31H36BrN3O5Si. The third-order valence-electron chi connectivity index (χ3n) is 7.54. The summed E-state index contributed by atoms with van der Waals surface area (Å²) in [6.07, 6.45) is 0.00665. The van der Waals surface area contributed by atoms with Crippen LogP contribution >= 0.6 is 15.9 Å². The van der Waals surface area contributed by atoms with Crippen molar-refractivity contribution < 1.29 is 19.1 Å². The molecule has 0 aliphatic rings. The zero-order valence-electron chi connectivity index (χ0n) is 24.0. The van der Waals surface area contributed by atoms with E-state index in [0.717, 1.165) is 22.1 Å². The van der Waals surface area contributed by atoms with Crippen molar-refractivity contribution in [2.45, 2.75) is 58.2 Å². The van der Waals surface area contributed by atoms with E-state index in [9.17, 15) is 14.7 Å². The van der Waals surface area contributed by atoms with Crippen molar-refractivity contribution in [1.82, 2.24) is 14.9 Å². The number of ether oxygens (including phenoxy) is 1. The molecule has 2 heterocycles. The fraction of sp³-hybridized carbons (Fsp3) is 0.323. The van der Waals surface area contributed by atoms with Gasteiger partial charge in [-0.05, 0) is 69.0 Å². The molecular weight excluding hydrogens is 602 g/mol. The number of carbonyl (C=O) groups is 1. The van der Waals surface area contributed by atoms with Gasteiger partial charge in [-0.3, -0.25) is 4.79 Å². The van der Waals surface area contributed by atoms with E-state index in [0.29, 0.717) is 22.5 Å². The van der Waals surface area contributed by atoms with Crippen molar-refractivity contribution in [2.24, 2.45) is 0 Å². The average molecular weight is 639 g/mol. The number of hydrogen-bond acceptors (Lipinski definition) is 5. The number of aromatic nitrogens is 2. The molecule has 0 spiro atoms. The Morgan fingerprint density at radius 1 is 1.05 bits per heavy atom. The number of rotatable bonds is 10. The molecule has 0 saturated carbocycles. The highest BCUT2D eigenvalue weighted by Crippen LogP contribution is 2.41. The van der Waals surface area contributed by atoms with E-state index < -0.39 is 20.5 Å². The normalized spacial score (nSPS) is 12.7. The van der Waals surface area contributed by atoms with Crippen LogP contribution in [0.25, 0.3) is 10.9 Å². The number of aromatic amines is 1. The number of hydrogen-bond donors (Lipinski definition) is 2. The molecule has 0 fully saturated rings. The highest BCUT2D eigenvalue weighted by Gasteiger charge is 2.40. The van der Waals surface area contributed by atoms with Crippen LogP contribution in [0.15, 0.2) is 82.3 Å². The first-order chi connectivity index (χ1) is 19.3. The van der Waals surface area contributed by atoms with E-state index in [2.05, 4.69) is 59.8 Å². The zero-order valence-corrected chi connectivity index (χ0v) is 26.6. The number of pyridine rings is 2. The summed E-state index contributed by atoms with van der Waals surface area (Å²) < 4.78 is 13.7. The summed E-state index contributed by atoms with van der Waals surface area (Å²) in [5.41, 5.74) is 2.85. The Balaban J connectivity index is 1.76. The van der Waals surface area contributed by atoms with Gasteiger partial charge in [-0.1, -0.05) is 63.2 Å². The summed E-state index contributed by atoms with van der Waals surface area (Å²) in [6.45, 7) is 11.3. The Morgan fingerprint density at radius 2 is 1.78 bits per heavy atom. The van der Waals surface area contributed by atoms with Gasteiger partial charge < -0.3 is 24.2 Å². The van der Waals surface area contributed by atoms with E-state index >= 15 is 0 Å². The van der Waals surface area contributed by atoms with Crippen molar-refractivity contribution in [3.05, 3.63) is 105 Å². The molecule has 0 radical (unpaired) electrons. The lowest BCUT2D eigenvalue weighted by atomic mass is 10.0. The van der Waals surface area contributed by atoms with E-state index in [1.165, 1.54) is 11.0 Å². The van der Waals surface area contributed by atoms with E-state index in [1.807, 2.05) is 48.5 Å². The molecule has 0 aliphatic heterocycles. The van der Waals surface area contributed by atoms with Crippen LogP contribution in [0, 0.1) is 0 Å². The molecule has 10 heteroatoms. The maximum Gasteiger partial charge on any atom is 0.407 e. The quantitative estimate of drug-likeness (QED) is 0.138. The Kier molecular flexibility index (Phi) is 9.36. The molecule has 2 aromatic carbocycles. The van der Waals surface area contributed by atoms with Gasteiger partial charge in [0.25, 0.3) is 0 Å². The third-order valence-corrected chi connectivity index (χ3v) is 12.5. The SMILES string of the molecule is CC(C)(C)[Si](C)(C)O[C@@H](CN(Cc1ccc(Br)nc1)C(=O)O)c1ccc(OCc2ccccc2)c2[nH]c(=O)ccc12. The molecule has 2 N–H and O–H groups in total. The molecule has 2 aromatic heterocycles. The van der Waals surface area contributed by atoms with Gasteiger partial charge in [0.2, 0.25) is 5.56 Å². The number of halogens is 1. The predicted octanol–water partition coefficient (Wildman–Crippen LogP) is 7.51. The zero-order chi connectivity index (χ0) is 29.8. The molecule has 0 aliphatic carbocycles. The summed E-state index contributed by atoms with van der Waals surface area (Å²) in [5.74, 6) is 0.535. The lowest BCUT2D eigenvalue weighted by molar-refractivity contribution is 0.0986. The second-order valence-corrected chi connectivity index (χ2v) is 17.1. The molecule has 41 heavy (non-hydrogen) atoms. The van der Waals surface area contributed by atoms with Crippen LogP contribution in [0.4, 0.5) is 4.79 Å². The highest BCUT2D eigenvalue weighted by molar-refractivity contribution is 9.10. The van der Waals surface area contributed by atoms with Crippen molar-refractivity contribution >= 4 is 41.2 Å². The second-order valence-electron chi connectivity index (χ2n) is 11.6. The number of H-pyrrole nitrogens is 1. The molecule has 4 aromatic rings. The van der Waals surface area contributed by atoms with Gasteiger partial charge in [0.05, 0.1) is 24.7 Å². The molecule has 4 rings (SSSR count). The van der Waals surface area contributed by atoms with Crippen molar-refractivity contribution in [2.75, 3.05) is 6.54 Å². The van der Waals surface area contributed by atoms with Crippen molar-refractivity contribution in [3.63, 3.8) is 0 Å². The minimum Gasteiger partial charge on any atom is -0.487 e. The minimum absolute atomic E-state index is 0.0936. The highest BCUT2D eigenvalue weighted by atomic mass is 79.9. The fourth-order valence-corrected chi connectivity index (χ4v) is 5.75. The number of nitrogens with one attached hydrogen (secondary N) is 1. The first kappa shape index (κ1) is 30.5. The number of amides is 1. The van der Waals surface area contributed by atoms with E-state index in [-0.39, 0.29) is 23.7 Å². The van der Waals surface area contributed by atoms with Crippen LogP contribution in [0.1, 0.15) is 43.6 Å². The van der Waals surface area contributed by atoms with Gasteiger partial charge in [-0.2, -0.15) is 0 Å². The Bertz CT molecular complexity index is 1550. The molecule has 0 bridgehead atoms. The van der Waals surface area contributed by atoms with Gasteiger partial charge in [0.1, 0.15) is 17.0 Å². The average Bonchev–Trinajstić information content (AvgIpc) is 2.91. The van der Waals surface area contributed by atoms with Gasteiger partial charge >= 0.3 is 6.09 Å². The van der Waals surface area contributed by atoms with Crippen LogP contribution in [0.2, 0.25) is 18.1 Å². The lowest BCUT2D eigenvalue weighted by Crippen LogP contribution is -2.44. The van der Waals surface area contributed by atoms with Crippen molar-refractivity contribution in [3.8, 4) is 5.75 Å². The monoisotopic (exact) mass is 637 g/mol. The lowest BCUT2D eigenvalue weighted by Gasteiger charge is -2.40. The van der Waals surface area contributed by atoms with Crippen LogP contribution in [0.5, 0.6) is 5.75 Å². The summed E-state index contributed by atoms with van der Waals surface area (Å²) in [5, 5.41) is 10.8. The number of carboxylic acid groups (broad SMARTS) is 1. The van der Waals surface area contributed by atoms with Gasteiger partial charge in [-0.15, -0.1) is 0 Å². The molecule has 8 nitrogen and oxygen atoms in total. The molecule has 0 saturated heterocycles. The molecule has 216 valence electrons. The fourth-order valence-electron chi connectivity index (χ4n) is 4.25. The molecule has 1 atom stereocenters. The van der Waals surface area contributed by atoms with Crippen LogP contribution in [-0.2, 0) is 17.6 Å². The Labute approximate surface area is 249 Å². The molecule has 0 unspecified atom stereocenters. The standard InChI is InChI=1S/C31H36BrN3O5Si/c1-31(2,3)41(4,5)40-26(19-35(30(37)38)18-22-11-15-27(32)33-17-22)23-12-14-25(29-24(23)13-16-28(36)34-29)39-20-21-9-7-6-8-10-21/h6-17,26H,18-20H2,1-5H3,(H,34,36)(H,37,38)/t26-/m0/s1. The number of nitrogens with zero attached hydrogens (tertiary/aromatic N) is 2. The summed E-state index contributed by atoms with van der Waals surface area (Å²) in [7, 11) is -2.36. The molecule has 1 amide bonds. The number of fused-ring (bicyclic) bond motifs is 1. The number of benzene rings is 2. The third kappa shape index (κ3) is 7.63. The van der Waals surface area contributed by atoms with Gasteiger partial charge in [0, 0.05) is 17.6 Å². The maximum atomic E-state index is 12.5. The Morgan fingerprint density at radius 3 is 2.41 bits per heavy atom. The maximum absolute atomic E-state index is 12.5. The van der Waals surface area contributed by atoms with Gasteiger partial charge in [-0.25, -0.2) is 9.78 Å². The summed E-state index contributed by atoms with van der Waals surface area (Å²) in [4.78, 5) is 33.4. The van der Waals surface area contributed by atoms with E-state index in [4.69, 9.17) is 9.16 Å². The van der Waals surface area contributed by atoms with Gasteiger partial charge in [0.15, 0.2) is 8.32 Å². The smallest absolute Gasteiger partial charge is 0.407 e. The minimum atomic E-state index is -2.36. The Hall–Kier alpha value is -3.47. The van der Waals surface area contributed by atoms with Crippen LogP contribution < -0.4 is 10.3 Å². The largest absolute Gasteiger partial charge is 0.487 e. The topological polar surface area (TPSA) is 105 Å². The van der Waals surface area contributed by atoms with E-state index in [1.54, 1.807) is 18.3 Å². The summed E-state index contributed by atoms with van der Waals surface area (Å²) >= 11 is 3.33. The first-order valence-electron chi connectivity index (χ1n) is 13.4. The summed E-state index contributed by atoms with van der Waals surface area (Å²) in [6, 6.07) is 20.4. The first-order valence-corrected chi connectivity index (χ1v) is 17.1. The predicted molar refractivity (Wildman–Crippen MR) is 167 cm³/mol. The van der Waals surface area contributed by atoms with Crippen LogP contribution in [-0.4, -0.2) is 40.9 Å². The van der Waals surface area contributed by atoms with Crippen molar-refractivity contribution in [1.29, 1.82) is 0 Å². The van der Waals surface area contributed by atoms with Crippen LogP contribution in [0.3, 0.4) is 0 Å². The second kappa shape index (κ2) is 12.6.